The number of hydrogen-bond acceptors (Lipinski definition) is 2. The fourth-order valence-corrected chi connectivity index (χ4v) is 2.31. The van der Waals surface area contributed by atoms with Crippen LogP contribution in [0.3, 0.4) is 0 Å². The van der Waals surface area contributed by atoms with Crippen LogP contribution in [0.4, 0.5) is 10.2 Å². The number of nitrogens with one attached hydrogen (secondary N) is 1. The van der Waals surface area contributed by atoms with E-state index in [4.69, 9.17) is 5.73 Å². The van der Waals surface area contributed by atoms with E-state index in [9.17, 15) is 4.39 Å². The first kappa shape index (κ1) is 10.3. The first-order chi connectivity index (χ1) is 8.25. The van der Waals surface area contributed by atoms with E-state index in [2.05, 4.69) is 10.2 Å². The highest BCUT2D eigenvalue weighted by Crippen LogP contribution is 2.41. The summed E-state index contributed by atoms with van der Waals surface area (Å²) in [5.74, 6) is 0.707. The maximum absolute atomic E-state index is 13.2. The van der Waals surface area contributed by atoms with Crippen molar-refractivity contribution >= 4 is 5.82 Å². The van der Waals surface area contributed by atoms with Crippen LogP contribution >= 0.6 is 0 Å². The van der Waals surface area contributed by atoms with Gasteiger partial charge in [0.25, 0.3) is 0 Å². The predicted octanol–water partition coefficient (Wildman–Crippen LogP) is 3.07. The van der Waals surface area contributed by atoms with Crippen LogP contribution in [-0.4, -0.2) is 10.2 Å². The zero-order valence-corrected chi connectivity index (χ0v) is 9.41. The fourth-order valence-electron chi connectivity index (χ4n) is 2.31. The lowest BCUT2D eigenvalue weighted by Gasteiger charge is -2.25. The Morgan fingerprint density at radius 1 is 1.35 bits per heavy atom. The molecule has 3 rings (SSSR count). The second-order valence-electron chi connectivity index (χ2n) is 4.54. The smallest absolute Gasteiger partial charge is 0.153 e. The Hall–Kier alpha value is -1.84. The molecule has 0 atom stereocenters. The van der Waals surface area contributed by atoms with Gasteiger partial charge in [-0.1, -0.05) is 18.6 Å². The summed E-state index contributed by atoms with van der Waals surface area (Å²) in [5, 5.41) is 7.05. The number of aromatic nitrogens is 2. The van der Waals surface area contributed by atoms with E-state index < -0.39 is 0 Å². The first-order valence-corrected chi connectivity index (χ1v) is 5.85. The van der Waals surface area contributed by atoms with Gasteiger partial charge in [0, 0.05) is 17.2 Å². The third-order valence-electron chi connectivity index (χ3n) is 3.45. The third-order valence-corrected chi connectivity index (χ3v) is 3.45. The topological polar surface area (TPSA) is 54.7 Å². The summed E-state index contributed by atoms with van der Waals surface area (Å²) in [7, 11) is 0. The van der Waals surface area contributed by atoms with Crippen LogP contribution in [-0.2, 0) is 0 Å². The van der Waals surface area contributed by atoms with Crippen LogP contribution < -0.4 is 5.73 Å². The zero-order valence-electron chi connectivity index (χ0n) is 9.41. The molecule has 0 bridgehead atoms. The van der Waals surface area contributed by atoms with Crippen molar-refractivity contribution in [3.8, 4) is 11.1 Å². The molecule has 3 nitrogen and oxygen atoms in total. The minimum atomic E-state index is -0.248. The molecule has 2 aromatic rings. The molecule has 1 aromatic carbocycles. The Labute approximate surface area is 98.8 Å². The summed E-state index contributed by atoms with van der Waals surface area (Å²) in [6, 6.07) is 6.50. The van der Waals surface area contributed by atoms with Gasteiger partial charge in [-0.25, -0.2) is 4.39 Å². The van der Waals surface area contributed by atoms with E-state index in [1.54, 1.807) is 6.07 Å². The highest BCUT2D eigenvalue weighted by atomic mass is 19.1. The van der Waals surface area contributed by atoms with E-state index in [1.165, 1.54) is 18.6 Å². The number of hydrogen-bond donors (Lipinski definition) is 2. The number of nitrogen functional groups attached to an aromatic ring is 1. The van der Waals surface area contributed by atoms with Crippen LogP contribution in [0.1, 0.15) is 30.9 Å². The minimum absolute atomic E-state index is 0.248. The molecule has 0 amide bonds. The van der Waals surface area contributed by atoms with E-state index in [0.29, 0.717) is 11.7 Å². The van der Waals surface area contributed by atoms with Gasteiger partial charge in [0.15, 0.2) is 5.82 Å². The van der Waals surface area contributed by atoms with Gasteiger partial charge in [-0.15, -0.1) is 0 Å². The quantitative estimate of drug-likeness (QED) is 0.834. The number of benzene rings is 1. The van der Waals surface area contributed by atoms with Gasteiger partial charge in [0.1, 0.15) is 5.82 Å². The second kappa shape index (κ2) is 3.87. The highest BCUT2D eigenvalue weighted by Gasteiger charge is 2.26. The number of rotatable bonds is 2. The Kier molecular flexibility index (Phi) is 2.35. The molecule has 1 heterocycles. The van der Waals surface area contributed by atoms with E-state index >= 15 is 0 Å². The Morgan fingerprint density at radius 2 is 2.18 bits per heavy atom. The van der Waals surface area contributed by atoms with Crippen molar-refractivity contribution in [1.82, 2.24) is 10.2 Å². The molecule has 17 heavy (non-hydrogen) atoms. The van der Waals surface area contributed by atoms with Crippen molar-refractivity contribution < 1.29 is 4.39 Å². The first-order valence-electron chi connectivity index (χ1n) is 5.85. The van der Waals surface area contributed by atoms with E-state index in [-0.39, 0.29) is 5.82 Å². The van der Waals surface area contributed by atoms with Crippen molar-refractivity contribution in [1.29, 1.82) is 0 Å². The van der Waals surface area contributed by atoms with E-state index in [1.807, 2.05) is 6.07 Å². The van der Waals surface area contributed by atoms with Gasteiger partial charge in [0.05, 0.1) is 0 Å². The largest absolute Gasteiger partial charge is 0.382 e. The van der Waals surface area contributed by atoms with Crippen LogP contribution in [0.25, 0.3) is 11.1 Å². The summed E-state index contributed by atoms with van der Waals surface area (Å²) in [5.41, 5.74) is 8.60. The summed E-state index contributed by atoms with van der Waals surface area (Å²) in [4.78, 5) is 0. The molecule has 1 saturated carbocycles. The number of anilines is 1. The highest BCUT2D eigenvalue weighted by molar-refractivity contribution is 5.76. The molecule has 1 aliphatic carbocycles. The standard InChI is InChI=1S/C13H14FN3/c14-10-6-2-5-9(7-10)11-12(8-3-1-4-8)16-17-13(11)15/h2,5-8H,1,3-4H2,(H3,15,16,17). The van der Waals surface area contributed by atoms with Gasteiger partial charge in [-0.3, -0.25) is 5.10 Å². The summed E-state index contributed by atoms with van der Waals surface area (Å²) >= 11 is 0. The Balaban J connectivity index is 2.09. The van der Waals surface area contributed by atoms with E-state index in [0.717, 1.165) is 29.7 Å². The Morgan fingerprint density at radius 3 is 2.82 bits per heavy atom. The molecule has 0 radical (unpaired) electrons. The van der Waals surface area contributed by atoms with Crippen LogP contribution in [0.15, 0.2) is 24.3 Å². The van der Waals surface area contributed by atoms with Crippen molar-refractivity contribution in [3.63, 3.8) is 0 Å². The van der Waals surface area contributed by atoms with Crippen LogP contribution in [0.5, 0.6) is 0 Å². The fraction of sp³-hybridized carbons (Fsp3) is 0.308. The molecule has 0 unspecified atom stereocenters. The summed E-state index contributed by atoms with van der Waals surface area (Å²) in [6.07, 6.45) is 3.56. The lowest BCUT2D eigenvalue weighted by molar-refractivity contribution is 0.411. The molecule has 4 heteroatoms. The second-order valence-corrected chi connectivity index (χ2v) is 4.54. The molecule has 0 saturated heterocycles. The summed E-state index contributed by atoms with van der Waals surface area (Å²) < 4.78 is 13.2. The molecule has 88 valence electrons. The van der Waals surface area contributed by atoms with Crippen LogP contribution in [0.2, 0.25) is 0 Å². The van der Waals surface area contributed by atoms with Crippen molar-refractivity contribution in [2.45, 2.75) is 25.2 Å². The monoisotopic (exact) mass is 231 g/mol. The van der Waals surface area contributed by atoms with Crippen molar-refractivity contribution in [2.24, 2.45) is 0 Å². The number of nitrogens with two attached hydrogens (primary N) is 1. The van der Waals surface area contributed by atoms with Gasteiger partial charge in [-0.05, 0) is 30.5 Å². The molecule has 1 aromatic heterocycles. The lowest BCUT2D eigenvalue weighted by atomic mass is 9.80. The molecule has 1 fully saturated rings. The average Bonchev–Trinajstić information content (AvgIpc) is 2.58. The number of nitrogens with zero attached hydrogens (tertiary/aromatic N) is 1. The maximum Gasteiger partial charge on any atom is 0.153 e. The lowest BCUT2D eigenvalue weighted by Crippen LogP contribution is -2.10. The van der Waals surface area contributed by atoms with Gasteiger partial charge in [-0.2, -0.15) is 5.10 Å². The maximum atomic E-state index is 13.2. The summed E-state index contributed by atoms with van der Waals surface area (Å²) in [6.45, 7) is 0. The van der Waals surface area contributed by atoms with Gasteiger partial charge < -0.3 is 5.73 Å². The molecule has 0 spiro atoms. The normalized spacial score (nSPS) is 15.8. The number of halogens is 1. The molecule has 3 N–H and O–H groups in total. The zero-order chi connectivity index (χ0) is 11.8. The van der Waals surface area contributed by atoms with Gasteiger partial charge >= 0.3 is 0 Å². The SMILES string of the molecule is Nc1n[nH]c(C2CCC2)c1-c1cccc(F)c1. The number of aromatic amines is 1. The Bertz CT molecular complexity index is 543. The number of H-pyrrole nitrogens is 1. The molecule has 1 aliphatic rings. The molecule has 0 aliphatic heterocycles. The average molecular weight is 231 g/mol. The van der Waals surface area contributed by atoms with Crippen molar-refractivity contribution in [2.75, 3.05) is 5.73 Å². The third kappa shape index (κ3) is 1.69. The van der Waals surface area contributed by atoms with Crippen molar-refractivity contribution in [3.05, 3.63) is 35.8 Å². The minimum Gasteiger partial charge on any atom is -0.382 e. The van der Waals surface area contributed by atoms with Crippen LogP contribution in [0, 0.1) is 5.82 Å². The molecular weight excluding hydrogens is 217 g/mol. The predicted molar refractivity (Wildman–Crippen MR) is 65.0 cm³/mol. The molecular formula is C13H14FN3. The van der Waals surface area contributed by atoms with Gasteiger partial charge in [0.2, 0.25) is 0 Å².